The first-order valence-electron chi connectivity index (χ1n) is 6.54. The van der Waals surface area contributed by atoms with E-state index in [2.05, 4.69) is 10.6 Å². The predicted molar refractivity (Wildman–Crippen MR) is 68.5 cm³/mol. The monoisotopic (exact) mass is 268 g/mol. The number of benzene rings is 1. The lowest BCUT2D eigenvalue weighted by atomic mass is 9.93. The molecule has 1 aliphatic rings. The molecule has 5 heteroatoms. The molecule has 0 radical (unpaired) electrons. The van der Waals surface area contributed by atoms with Crippen molar-refractivity contribution in [2.24, 2.45) is 0 Å². The van der Waals surface area contributed by atoms with Crippen LogP contribution in [0.2, 0.25) is 0 Å². The maximum Gasteiger partial charge on any atom is 0.240 e. The van der Waals surface area contributed by atoms with Crippen LogP contribution in [0.15, 0.2) is 18.2 Å². The minimum Gasteiger partial charge on any atom is -0.350 e. The summed E-state index contributed by atoms with van der Waals surface area (Å²) in [4.78, 5) is 12.2. The van der Waals surface area contributed by atoms with Crippen molar-refractivity contribution in [2.45, 2.75) is 38.3 Å². The minimum atomic E-state index is -0.634. The lowest BCUT2D eigenvalue weighted by Crippen LogP contribution is -2.52. The van der Waals surface area contributed by atoms with Gasteiger partial charge in [0.15, 0.2) is 0 Å². The van der Waals surface area contributed by atoms with Gasteiger partial charge in [-0.25, -0.2) is 8.78 Å². The highest BCUT2D eigenvalue weighted by Gasteiger charge is 2.38. The van der Waals surface area contributed by atoms with Crippen LogP contribution in [0.3, 0.4) is 0 Å². The summed E-state index contributed by atoms with van der Waals surface area (Å²) in [5.74, 6) is -1.36. The molecule has 1 saturated heterocycles. The average molecular weight is 268 g/mol. The fraction of sp³-hybridized carbons (Fsp3) is 0.500. The molecular formula is C14H18F2N2O. The first-order valence-corrected chi connectivity index (χ1v) is 6.54. The Morgan fingerprint density at radius 3 is 2.84 bits per heavy atom. The van der Waals surface area contributed by atoms with Gasteiger partial charge < -0.3 is 10.6 Å². The number of halogens is 2. The van der Waals surface area contributed by atoms with Crippen molar-refractivity contribution < 1.29 is 13.6 Å². The molecule has 1 aromatic rings. The van der Waals surface area contributed by atoms with Crippen molar-refractivity contribution in [1.29, 1.82) is 0 Å². The zero-order valence-corrected chi connectivity index (χ0v) is 10.9. The lowest BCUT2D eigenvalue weighted by Gasteiger charge is -2.26. The number of hydrogen-bond donors (Lipinski definition) is 2. The number of carbonyl (C=O) groups excluding carboxylic acids is 1. The Morgan fingerprint density at radius 1 is 1.47 bits per heavy atom. The molecule has 1 aromatic carbocycles. The summed E-state index contributed by atoms with van der Waals surface area (Å²) in [7, 11) is 0. The molecule has 0 aliphatic carbocycles. The fourth-order valence-electron chi connectivity index (χ4n) is 2.47. The summed E-state index contributed by atoms with van der Waals surface area (Å²) in [5, 5.41) is 5.94. The van der Waals surface area contributed by atoms with Gasteiger partial charge in [0, 0.05) is 18.2 Å². The summed E-state index contributed by atoms with van der Waals surface area (Å²) >= 11 is 0. The van der Waals surface area contributed by atoms with Crippen LogP contribution in [0.25, 0.3) is 0 Å². The Morgan fingerprint density at radius 2 is 2.26 bits per heavy atom. The third-order valence-corrected chi connectivity index (χ3v) is 3.74. The van der Waals surface area contributed by atoms with E-state index >= 15 is 0 Å². The van der Waals surface area contributed by atoms with E-state index in [1.807, 2.05) is 6.92 Å². The molecule has 0 aromatic heterocycles. The molecule has 2 rings (SSSR count). The average Bonchev–Trinajstić information content (AvgIpc) is 2.87. The van der Waals surface area contributed by atoms with Crippen molar-refractivity contribution in [2.75, 3.05) is 6.54 Å². The van der Waals surface area contributed by atoms with E-state index in [4.69, 9.17) is 0 Å². The Balaban J connectivity index is 2.00. The van der Waals surface area contributed by atoms with Crippen molar-refractivity contribution in [3.05, 3.63) is 35.4 Å². The van der Waals surface area contributed by atoms with Crippen LogP contribution >= 0.6 is 0 Å². The number of carbonyl (C=O) groups is 1. The minimum absolute atomic E-state index is 0.0778. The van der Waals surface area contributed by atoms with Crippen LogP contribution < -0.4 is 10.6 Å². The van der Waals surface area contributed by atoms with Crippen LogP contribution in [0.1, 0.15) is 31.7 Å². The normalized spacial score (nSPS) is 22.5. The highest BCUT2D eigenvalue weighted by Crippen LogP contribution is 2.23. The van der Waals surface area contributed by atoms with Gasteiger partial charge in [0.25, 0.3) is 0 Å². The number of hydrogen-bond acceptors (Lipinski definition) is 2. The van der Waals surface area contributed by atoms with Crippen LogP contribution in [0.4, 0.5) is 8.78 Å². The van der Waals surface area contributed by atoms with E-state index in [1.165, 1.54) is 12.1 Å². The molecule has 1 amide bonds. The summed E-state index contributed by atoms with van der Waals surface area (Å²) in [5.41, 5.74) is -0.241. The molecule has 1 unspecified atom stereocenters. The first-order chi connectivity index (χ1) is 9.07. The van der Waals surface area contributed by atoms with Crippen molar-refractivity contribution in [1.82, 2.24) is 10.6 Å². The number of amides is 1. The highest BCUT2D eigenvalue weighted by atomic mass is 19.1. The number of rotatable bonds is 4. The van der Waals surface area contributed by atoms with Gasteiger partial charge in [-0.05, 0) is 31.9 Å². The molecule has 2 N–H and O–H groups in total. The summed E-state index contributed by atoms with van der Waals surface area (Å²) < 4.78 is 26.2. The van der Waals surface area contributed by atoms with Crippen LogP contribution in [0.5, 0.6) is 0 Å². The molecule has 0 spiro atoms. The maximum absolute atomic E-state index is 13.4. The Bertz CT molecular complexity index is 471. The second-order valence-electron chi connectivity index (χ2n) is 4.88. The summed E-state index contributed by atoms with van der Waals surface area (Å²) in [6.45, 7) is 2.86. The summed E-state index contributed by atoms with van der Waals surface area (Å²) in [6.07, 6.45) is 2.46. The first kappa shape index (κ1) is 13.9. The molecule has 1 fully saturated rings. The van der Waals surface area contributed by atoms with Crippen LogP contribution in [-0.2, 0) is 11.3 Å². The molecule has 19 heavy (non-hydrogen) atoms. The Kier molecular flexibility index (Phi) is 4.14. The van der Waals surface area contributed by atoms with Gasteiger partial charge in [-0.3, -0.25) is 4.79 Å². The second-order valence-corrected chi connectivity index (χ2v) is 4.88. The SMILES string of the molecule is CCC1(C(=O)NCc2ccc(F)cc2F)CCCN1. The number of nitrogens with one attached hydrogen (secondary N) is 2. The largest absolute Gasteiger partial charge is 0.350 e. The van der Waals surface area contributed by atoms with Gasteiger partial charge in [-0.1, -0.05) is 13.0 Å². The van der Waals surface area contributed by atoms with Gasteiger partial charge in [-0.2, -0.15) is 0 Å². The van der Waals surface area contributed by atoms with Crippen molar-refractivity contribution in [3.63, 3.8) is 0 Å². The van der Waals surface area contributed by atoms with Crippen LogP contribution in [-0.4, -0.2) is 18.0 Å². The maximum atomic E-state index is 13.4. The quantitative estimate of drug-likeness (QED) is 0.878. The standard InChI is InChI=1S/C14H18F2N2O/c1-2-14(6-3-7-18-14)13(19)17-9-10-4-5-11(15)8-12(10)16/h4-5,8,18H,2-3,6-7,9H2,1H3,(H,17,19). The molecule has 0 bridgehead atoms. The van der Waals surface area contributed by atoms with E-state index in [-0.39, 0.29) is 12.5 Å². The molecule has 3 nitrogen and oxygen atoms in total. The van der Waals surface area contributed by atoms with Gasteiger partial charge >= 0.3 is 0 Å². The predicted octanol–water partition coefficient (Wildman–Crippen LogP) is 2.11. The Labute approximate surface area is 111 Å². The van der Waals surface area contributed by atoms with E-state index in [0.717, 1.165) is 25.5 Å². The third kappa shape index (κ3) is 2.92. The molecule has 1 atom stereocenters. The molecule has 1 heterocycles. The highest BCUT2D eigenvalue weighted by molar-refractivity contribution is 5.86. The fourth-order valence-corrected chi connectivity index (χ4v) is 2.47. The van der Waals surface area contributed by atoms with Crippen molar-refractivity contribution in [3.8, 4) is 0 Å². The molecule has 0 saturated carbocycles. The third-order valence-electron chi connectivity index (χ3n) is 3.74. The molecule has 1 aliphatic heterocycles. The van der Waals surface area contributed by atoms with Gasteiger partial charge in [0.2, 0.25) is 5.91 Å². The van der Waals surface area contributed by atoms with Gasteiger partial charge in [-0.15, -0.1) is 0 Å². The Hall–Kier alpha value is -1.49. The topological polar surface area (TPSA) is 41.1 Å². The summed E-state index contributed by atoms with van der Waals surface area (Å²) in [6, 6.07) is 3.37. The van der Waals surface area contributed by atoms with Crippen LogP contribution in [0, 0.1) is 11.6 Å². The van der Waals surface area contributed by atoms with Crippen molar-refractivity contribution >= 4 is 5.91 Å². The lowest BCUT2D eigenvalue weighted by molar-refractivity contribution is -0.127. The zero-order valence-electron chi connectivity index (χ0n) is 10.9. The second kappa shape index (κ2) is 5.65. The van der Waals surface area contributed by atoms with E-state index in [1.54, 1.807) is 0 Å². The van der Waals surface area contributed by atoms with Gasteiger partial charge in [0.1, 0.15) is 11.6 Å². The van der Waals surface area contributed by atoms with E-state index < -0.39 is 17.2 Å². The zero-order chi connectivity index (χ0) is 13.9. The van der Waals surface area contributed by atoms with Gasteiger partial charge in [0.05, 0.1) is 5.54 Å². The van der Waals surface area contributed by atoms with E-state index in [0.29, 0.717) is 12.0 Å². The smallest absolute Gasteiger partial charge is 0.240 e. The molecular weight excluding hydrogens is 250 g/mol. The van der Waals surface area contributed by atoms with E-state index in [9.17, 15) is 13.6 Å². The molecule has 104 valence electrons.